The molecule has 0 saturated heterocycles. The molecule has 0 amide bonds. The highest BCUT2D eigenvalue weighted by atomic mass is 79.9. The Morgan fingerprint density at radius 1 is 1.25 bits per heavy atom. The van der Waals surface area contributed by atoms with Crippen molar-refractivity contribution >= 4 is 42.9 Å². The zero-order chi connectivity index (χ0) is 14.9. The zero-order valence-corrected chi connectivity index (χ0v) is 13.0. The predicted octanol–water partition coefficient (Wildman–Crippen LogP) is 3.45. The Kier molecular flexibility index (Phi) is 4.36. The standard InChI is InChI=1S/C12H7BrF2O3S2/c13-8-3-4-19-12(8)10(16)6-20(17,18)11-2-1-7(14)5-9(11)15/h1-5H,6H2. The summed E-state index contributed by atoms with van der Waals surface area (Å²) in [6, 6.07) is 3.74. The number of hydrogen-bond acceptors (Lipinski definition) is 4. The van der Waals surface area contributed by atoms with Gasteiger partial charge in [-0.3, -0.25) is 4.79 Å². The van der Waals surface area contributed by atoms with Crippen LogP contribution in [0.15, 0.2) is 39.0 Å². The van der Waals surface area contributed by atoms with Gasteiger partial charge in [0.05, 0.1) is 4.88 Å². The van der Waals surface area contributed by atoms with Crippen LogP contribution in [0.5, 0.6) is 0 Å². The van der Waals surface area contributed by atoms with Gasteiger partial charge in [-0.2, -0.15) is 0 Å². The van der Waals surface area contributed by atoms with Gasteiger partial charge in [-0.1, -0.05) is 0 Å². The largest absolute Gasteiger partial charge is 0.292 e. The molecule has 0 saturated carbocycles. The van der Waals surface area contributed by atoms with Crippen molar-refractivity contribution in [2.75, 3.05) is 5.75 Å². The first kappa shape index (κ1) is 15.3. The van der Waals surface area contributed by atoms with E-state index in [1.165, 1.54) is 0 Å². The van der Waals surface area contributed by atoms with Gasteiger partial charge in [0.2, 0.25) is 0 Å². The molecular weight excluding hydrogens is 374 g/mol. The number of halogens is 3. The Bertz CT molecular complexity index is 769. The maximum Gasteiger partial charge on any atom is 0.189 e. The van der Waals surface area contributed by atoms with Crippen LogP contribution in [-0.2, 0) is 9.84 Å². The molecule has 0 atom stereocenters. The van der Waals surface area contributed by atoms with Gasteiger partial charge in [-0.15, -0.1) is 11.3 Å². The molecule has 1 heterocycles. The van der Waals surface area contributed by atoms with Crippen LogP contribution in [0.1, 0.15) is 9.67 Å². The predicted molar refractivity (Wildman–Crippen MR) is 74.8 cm³/mol. The Labute approximate surface area is 126 Å². The van der Waals surface area contributed by atoms with Crippen LogP contribution in [-0.4, -0.2) is 20.0 Å². The Morgan fingerprint density at radius 2 is 1.95 bits per heavy atom. The van der Waals surface area contributed by atoms with E-state index in [1.54, 1.807) is 11.4 Å². The highest BCUT2D eigenvalue weighted by molar-refractivity contribution is 9.10. The quantitative estimate of drug-likeness (QED) is 0.602. The molecule has 0 aliphatic carbocycles. The van der Waals surface area contributed by atoms with Crippen molar-refractivity contribution in [1.82, 2.24) is 0 Å². The minimum atomic E-state index is -4.16. The van der Waals surface area contributed by atoms with Gasteiger partial charge in [0.25, 0.3) is 0 Å². The van der Waals surface area contributed by atoms with Crippen molar-refractivity contribution in [1.29, 1.82) is 0 Å². The van der Waals surface area contributed by atoms with Gasteiger partial charge in [0.1, 0.15) is 22.3 Å². The summed E-state index contributed by atoms with van der Waals surface area (Å²) in [6.07, 6.45) is 0. The second kappa shape index (κ2) is 5.71. The van der Waals surface area contributed by atoms with E-state index in [1.807, 2.05) is 0 Å². The molecule has 0 radical (unpaired) electrons. The van der Waals surface area contributed by atoms with Crippen LogP contribution in [0.2, 0.25) is 0 Å². The first-order chi connectivity index (χ1) is 9.31. The van der Waals surface area contributed by atoms with Crippen molar-refractivity contribution < 1.29 is 22.0 Å². The molecule has 106 valence electrons. The minimum Gasteiger partial charge on any atom is -0.292 e. The molecule has 0 N–H and O–H groups in total. The summed E-state index contributed by atoms with van der Waals surface area (Å²) in [5, 5.41) is 1.63. The maximum atomic E-state index is 13.5. The van der Waals surface area contributed by atoms with Crippen LogP contribution >= 0.6 is 27.3 Å². The van der Waals surface area contributed by atoms with Crippen molar-refractivity contribution in [3.8, 4) is 0 Å². The van der Waals surface area contributed by atoms with Gasteiger partial charge in [0, 0.05) is 10.5 Å². The molecule has 2 rings (SSSR count). The molecule has 3 nitrogen and oxygen atoms in total. The second-order valence-corrected chi connectivity index (χ2v) is 7.58. The molecule has 0 bridgehead atoms. The summed E-state index contributed by atoms with van der Waals surface area (Å²) in [5.41, 5.74) is 0. The Balaban J connectivity index is 2.32. The van der Waals surface area contributed by atoms with E-state index >= 15 is 0 Å². The number of sulfone groups is 1. The van der Waals surface area contributed by atoms with Crippen LogP contribution in [0.25, 0.3) is 0 Å². The molecule has 1 aromatic carbocycles. The van der Waals surface area contributed by atoms with Gasteiger partial charge in [0.15, 0.2) is 15.6 Å². The van der Waals surface area contributed by atoms with E-state index in [-0.39, 0.29) is 4.88 Å². The number of ketones is 1. The summed E-state index contributed by atoms with van der Waals surface area (Å²) in [4.78, 5) is 11.5. The highest BCUT2D eigenvalue weighted by Gasteiger charge is 2.25. The molecule has 0 aliphatic rings. The monoisotopic (exact) mass is 380 g/mol. The van der Waals surface area contributed by atoms with E-state index < -0.39 is 37.9 Å². The SMILES string of the molecule is O=C(CS(=O)(=O)c1ccc(F)cc1F)c1sccc1Br. The third kappa shape index (κ3) is 3.13. The van der Waals surface area contributed by atoms with Crippen molar-refractivity contribution in [2.45, 2.75) is 4.90 Å². The highest BCUT2D eigenvalue weighted by Crippen LogP contribution is 2.25. The normalized spacial score (nSPS) is 11.6. The van der Waals surface area contributed by atoms with E-state index in [0.29, 0.717) is 10.5 Å². The topological polar surface area (TPSA) is 51.2 Å². The molecule has 0 aliphatic heterocycles. The average molecular weight is 381 g/mol. The molecule has 0 spiro atoms. The molecule has 8 heteroatoms. The fraction of sp³-hybridized carbons (Fsp3) is 0.0833. The van der Waals surface area contributed by atoms with Gasteiger partial charge in [-0.05, 0) is 39.5 Å². The number of rotatable bonds is 4. The lowest BCUT2D eigenvalue weighted by Crippen LogP contribution is -2.17. The summed E-state index contributed by atoms with van der Waals surface area (Å²) >= 11 is 4.21. The van der Waals surface area contributed by atoms with E-state index in [4.69, 9.17) is 0 Å². The lowest BCUT2D eigenvalue weighted by atomic mass is 10.3. The first-order valence-electron chi connectivity index (χ1n) is 5.25. The number of carbonyl (C=O) groups excluding carboxylic acids is 1. The summed E-state index contributed by atoms with van der Waals surface area (Å²) in [5.74, 6) is -3.60. The fourth-order valence-corrected chi connectivity index (χ4v) is 4.44. The smallest absolute Gasteiger partial charge is 0.189 e. The average Bonchev–Trinajstić information content (AvgIpc) is 2.74. The van der Waals surface area contributed by atoms with Crippen LogP contribution in [0.3, 0.4) is 0 Å². The summed E-state index contributed by atoms with van der Waals surface area (Å²) in [7, 11) is -4.16. The van der Waals surface area contributed by atoms with Crippen molar-refractivity contribution in [3.05, 3.63) is 50.6 Å². The van der Waals surface area contributed by atoms with Gasteiger partial charge >= 0.3 is 0 Å². The number of Topliss-reactive ketones (excluding diaryl/α,β-unsaturated/α-hetero) is 1. The van der Waals surface area contributed by atoms with E-state index in [0.717, 1.165) is 23.5 Å². The molecular formula is C12H7BrF2O3S2. The van der Waals surface area contributed by atoms with E-state index in [2.05, 4.69) is 15.9 Å². The lowest BCUT2D eigenvalue weighted by molar-refractivity contribution is 0.102. The lowest BCUT2D eigenvalue weighted by Gasteiger charge is -2.05. The Hall–Kier alpha value is -1.12. The number of benzene rings is 1. The van der Waals surface area contributed by atoms with E-state index in [9.17, 15) is 22.0 Å². The number of thiophene rings is 1. The van der Waals surface area contributed by atoms with Crippen LogP contribution in [0, 0.1) is 11.6 Å². The molecule has 0 fully saturated rings. The second-order valence-electron chi connectivity index (χ2n) is 3.85. The van der Waals surface area contributed by atoms with Crippen molar-refractivity contribution in [2.24, 2.45) is 0 Å². The summed E-state index contributed by atoms with van der Waals surface area (Å²) < 4.78 is 50.7. The van der Waals surface area contributed by atoms with Crippen LogP contribution in [0.4, 0.5) is 8.78 Å². The van der Waals surface area contributed by atoms with Gasteiger partial charge < -0.3 is 0 Å². The summed E-state index contributed by atoms with van der Waals surface area (Å²) in [6.45, 7) is 0. The van der Waals surface area contributed by atoms with Crippen molar-refractivity contribution in [3.63, 3.8) is 0 Å². The Morgan fingerprint density at radius 3 is 2.50 bits per heavy atom. The maximum absolute atomic E-state index is 13.5. The zero-order valence-electron chi connectivity index (χ0n) is 9.77. The first-order valence-corrected chi connectivity index (χ1v) is 8.58. The third-order valence-electron chi connectivity index (χ3n) is 2.42. The van der Waals surface area contributed by atoms with Gasteiger partial charge in [-0.25, -0.2) is 17.2 Å². The number of carbonyl (C=O) groups is 1. The molecule has 1 aromatic heterocycles. The number of hydrogen-bond donors (Lipinski definition) is 0. The minimum absolute atomic E-state index is 0.246. The molecule has 0 unspecified atom stereocenters. The molecule has 20 heavy (non-hydrogen) atoms. The third-order valence-corrected chi connectivity index (χ3v) is 5.94. The molecule has 2 aromatic rings. The van der Waals surface area contributed by atoms with Crippen LogP contribution < -0.4 is 0 Å². The fourth-order valence-electron chi connectivity index (χ4n) is 1.54.